The van der Waals surface area contributed by atoms with Gasteiger partial charge in [0.05, 0.1) is 17.6 Å². The molecule has 0 spiro atoms. The number of benzene rings is 2. The molecule has 2 aromatic carbocycles. The zero-order valence-corrected chi connectivity index (χ0v) is 13.3. The van der Waals surface area contributed by atoms with Gasteiger partial charge in [0.25, 0.3) is 0 Å². The molecule has 22 heavy (non-hydrogen) atoms. The summed E-state index contributed by atoms with van der Waals surface area (Å²) in [6, 6.07) is 16.2. The molecule has 0 aliphatic heterocycles. The van der Waals surface area contributed by atoms with Crippen LogP contribution in [0.5, 0.6) is 5.75 Å². The normalized spacial score (nSPS) is 11.3. The van der Waals surface area contributed by atoms with Crippen molar-refractivity contribution in [1.82, 2.24) is 9.97 Å². The Balaban J connectivity index is 1.63. The molecule has 0 radical (unpaired) electrons. The Hall–Kier alpha value is -2.20. The molecule has 0 unspecified atom stereocenters. The number of hydrogen-bond acceptors (Lipinski definition) is 3. The van der Waals surface area contributed by atoms with Gasteiger partial charge in [-0.1, -0.05) is 54.2 Å². The van der Waals surface area contributed by atoms with Gasteiger partial charge >= 0.3 is 0 Å². The molecule has 1 aromatic heterocycles. The molecule has 3 rings (SSSR count). The number of nitrogens with zero attached hydrogens (tertiary/aromatic N) is 1. The second-order valence-corrected chi connectivity index (χ2v) is 5.79. The van der Waals surface area contributed by atoms with E-state index in [2.05, 4.69) is 34.3 Å². The fraction of sp³-hybridized carbons (Fsp3) is 0.167. The number of aromatic amines is 1. The smallest absolute Gasteiger partial charge is 0.166 e. The second kappa shape index (κ2) is 7.18. The van der Waals surface area contributed by atoms with Crippen molar-refractivity contribution in [2.24, 2.45) is 0 Å². The Kier molecular flexibility index (Phi) is 4.81. The van der Waals surface area contributed by atoms with Crippen molar-refractivity contribution < 1.29 is 4.74 Å². The van der Waals surface area contributed by atoms with Crippen molar-refractivity contribution in [1.29, 1.82) is 0 Å². The molecule has 3 aromatic rings. The quantitative estimate of drug-likeness (QED) is 0.667. The van der Waals surface area contributed by atoms with E-state index in [-0.39, 0.29) is 0 Å². The fourth-order valence-electron chi connectivity index (χ4n) is 2.17. The SMILES string of the molecule is CCOc1ccc2nc(SCC=Cc3ccccc3)[nH]c2c1. The van der Waals surface area contributed by atoms with Gasteiger partial charge in [0.15, 0.2) is 5.16 Å². The van der Waals surface area contributed by atoms with Crippen molar-refractivity contribution in [3.63, 3.8) is 0 Å². The van der Waals surface area contributed by atoms with Crippen molar-refractivity contribution in [2.45, 2.75) is 12.1 Å². The van der Waals surface area contributed by atoms with E-state index in [4.69, 9.17) is 4.74 Å². The third-order valence-corrected chi connectivity index (χ3v) is 3.99. The first-order valence-corrected chi connectivity index (χ1v) is 8.30. The molecule has 4 heteroatoms. The summed E-state index contributed by atoms with van der Waals surface area (Å²) in [5.41, 5.74) is 3.20. The van der Waals surface area contributed by atoms with Crippen molar-refractivity contribution in [3.8, 4) is 5.75 Å². The average molecular weight is 310 g/mol. The van der Waals surface area contributed by atoms with Gasteiger partial charge in [-0.05, 0) is 24.6 Å². The number of H-pyrrole nitrogens is 1. The van der Waals surface area contributed by atoms with E-state index in [1.165, 1.54) is 5.56 Å². The molecule has 0 aliphatic rings. The highest BCUT2D eigenvalue weighted by atomic mass is 32.2. The van der Waals surface area contributed by atoms with Crippen LogP contribution in [0, 0.1) is 0 Å². The molecule has 112 valence electrons. The Morgan fingerprint density at radius 2 is 2.05 bits per heavy atom. The minimum absolute atomic E-state index is 0.672. The Morgan fingerprint density at radius 3 is 2.86 bits per heavy atom. The minimum Gasteiger partial charge on any atom is -0.494 e. The zero-order chi connectivity index (χ0) is 15.2. The standard InChI is InChI=1S/C18H18N2OS/c1-2-21-15-10-11-16-17(13-15)20-18(19-16)22-12-6-9-14-7-4-3-5-8-14/h3-11,13H,2,12H2,1H3,(H,19,20). The van der Waals surface area contributed by atoms with E-state index in [1.807, 2.05) is 43.3 Å². The number of ether oxygens (including phenoxy) is 1. The minimum atomic E-state index is 0.672. The summed E-state index contributed by atoms with van der Waals surface area (Å²) in [5.74, 6) is 1.76. The van der Waals surface area contributed by atoms with Gasteiger partial charge in [-0.25, -0.2) is 4.98 Å². The topological polar surface area (TPSA) is 37.9 Å². The van der Waals surface area contributed by atoms with Gasteiger partial charge in [0, 0.05) is 11.8 Å². The summed E-state index contributed by atoms with van der Waals surface area (Å²) >= 11 is 1.69. The van der Waals surface area contributed by atoms with E-state index in [0.717, 1.165) is 27.7 Å². The van der Waals surface area contributed by atoms with Crippen LogP contribution >= 0.6 is 11.8 Å². The van der Waals surface area contributed by atoms with Gasteiger partial charge in [-0.2, -0.15) is 0 Å². The van der Waals surface area contributed by atoms with Crippen molar-refractivity contribution >= 4 is 28.9 Å². The van der Waals surface area contributed by atoms with E-state index in [0.29, 0.717) is 6.61 Å². The van der Waals surface area contributed by atoms with Gasteiger partial charge in [0.1, 0.15) is 5.75 Å². The fourth-order valence-corrected chi connectivity index (χ4v) is 2.86. The van der Waals surface area contributed by atoms with Crippen LogP contribution in [0.1, 0.15) is 12.5 Å². The number of rotatable bonds is 6. The summed E-state index contributed by atoms with van der Waals surface area (Å²) in [6.45, 7) is 2.66. The summed E-state index contributed by atoms with van der Waals surface area (Å²) < 4.78 is 5.50. The maximum Gasteiger partial charge on any atom is 0.166 e. The molecule has 0 saturated heterocycles. The molecular weight excluding hydrogens is 292 g/mol. The monoisotopic (exact) mass is 310 g/mol. The number of aromatic nitrogens is 2. The lowest BCUT2D eigenvalue weighted by Gasteiger charge is -2.00. The largest absolute Gasteiger partial charge is 0.494 e. The van der Waals surface area contributed by atoms with Crippen LogP contribution < -0.4 is 4.74 Å². The second-order valence-electron chi connectivity index (χ2n) is 4.78. The molecule has 1 N–H and O–H groups in total. The molecule has 0 fully saturated rings. The summed E-state index contributed by atoms with van der Waals surface area (Å²) in [7, 11) is 0. The number of hydrogen-bond donors (Lipinski definition) is 1. The highest BCUT2D eigenvalue weighted by molar-refractivity contribution is 7.99. The molecule has 0 amide bonds. The lowest BCUT2D eigenvalue weighted by Crippen LogP contribution is -1.90. The Bertz CT molecular complexity index is 765. The molecule has 0 bridgehead atoms. The first-order chi connectivity index (χ1) is 10.8. The Labute approximate surface area is 134 Å². The number of imidazole rings is 1. The third-order valence-electron chi connectivity index (χ3n) is 3.17. The van der Waals surface area contributed by atoms with E-state index in [9.17, 15) is 0 Å². The highest BCUT2D eigenvalue weighted by Gasteiger charge is 2.04. The number of nitrogens with one attached hydrogen (secondary N) is 1. The van der Waals surface area contributed by atoms with E-state index >= 15 is 0 Å². The predicted molar refractivity (Wildman–Crippen MR) is 93.5 cm³/mol. The van der Waals surface area contributed by atoms with Crippen molar-refractivity contribution in [2.75, 3.05) is 12.4 Å². The first-order valence-electron chi connectivity index (χ1n) is 7.32. The predicted octanol–water partition coefficient (Wildman–Crippen LogP) is 4.77. The van der Waals surface area contributed by atoms with E-state index in [1.54, 1.807) is 11.8 Å². The molecular formula is C18H18N2OS. The summed E-state index contributed by atoms with van der Waals surface area (Å²) in [6.07, 6.45) is 4.28. The van der Waals surface area contributed by atoms with Crippen LogP contribution in [0.3, 0.4) is 0 Å². The number of thioether (sulfide) groups is 1. The van der Waals surface area contributed by atoms with Crippen molar-refractivity contribution in [3.05, 3.63) is 60.2 Å². The molecule has 0 atom stereocenters. The summed E-state index contributed by atoms with van der Waals surface area (Å²) in [4.78, 5) is 7.91. The van der Waals surface area contributed by atoms with Gasteiger partial charge in [-0.15, -0.1) is 0 Å². The third kappa shape index (κ3) is 3.71. The number of fused-ring (bicyclic) bond motifs is 1. The summed E-state index contributed by atoms with van der Waals surface area (Å²) in [5, 5.41) is 0.932. The van der Waals surface area contributed by atoms with Gasteiger partial charge in [-0.3, -0.25) is 0 Å². The van der Waals surface area contributed by atoms with Crippen LogP contribution in [-0.2, 0) is 0 Å². The first kappa shape index (κ1) is 14.7. The molecule has 1 heterocycles. The lowest BCUT2D eigenvalue weighted by molar-refractivity contribution is 0.340. The molecule has 0 aliphatic carbocycles. The van der Waals surface area contributed by atoms with E-state index < -0.39 is 0 Å². The van der Waals surface area contributed by atoms with Crippen LogP contribution in [-0.4, -0.2) is 22.3 Å². The van der Waals surface area contributed by atoms with Crippen LogP contribution in [0.25, 0.3) is 17.1 Å². The highest BCUT2D eigenvalue weighted by Crippen LogP contribution is 2.23. The van der Waals surface area contributed by atoms with Crippen LogP contribution in [0.4, 0.5) is 0 Å². The maximum atomic E-state index is 5.50. The average Bonchev–Trinajstić information content (AvgIpc) is 2.95. The molecule has 3 nitrogen and oxygen atoms in total. The van der Waals surface area contributed by atoms with Gasteiger partial charge in [0.2, 0.25) is 0 Å². The van der Waals surface area contributed by atoms with Gasteiger partial charge < -0.3 is 9.72 Å². The molecule has 0 saturated carbocycles. The zero-order valence-electron chi connectivity index (χ0n) is 12.5. The van der Waals surface area contributed by atoms with Crippen LogP contribution in [0.2, 0.25) is 0 Å². The lowest BCUT2D eigenvalue weighted by atomic mass is 10.2. The maximum absolute atomic E-state index is 5.50. The van der Waals surface area contributed by atoms with Crippen LogP contribution in [0.15, 0.2) is 59.8 Å². The Morgan fingerprint density at radius 1 is 1.18 bits per heavy atom.